The van der Waals surface area contributed by atoms with Gasteiger partial charge in [-0.3, -0.25) is 0 Å². The molecule has 0 aromatic heterocycles. The van der Waals surface area contributed by atoms with Gasteiger partial charge in [-0.1, -0.05) is 18.6 Å². The van der Waals surface area contributed by atoms with Crippen molar-refractivity contribution in [1.82, 2.24) is 0 Å². The first kappa shape index (κ1) is 12.0. The summed E-state index contributed by atoms with van der Waals surface area (Å²) in [5, 5.41) is 9.25. The van der Waals surface area contributed by atoms with Crippen LogP contribution in [0.4, 0.5) is 5.69 Å². The van der Waals surface area contributed by atoms with Crippen LogP contribution in [0.3, 0.4) is 0 Å². The molecule has 2 rings (SSSR count). The summed E-state index contributed by atoms with van der Waals surface area (Å²) >= 11 is 0. The minimum atomic E-state index is -0.831. The van der Waals surface area contributed by atoms with E-state index in [0.717, 1.165) is 43.1 Å². The summed E-state index contributed by atoms with van der Waals surface area (Å²) in [5.41, 5.74) is 2.30. The number of aromatic carboxylic acids is 1. The van der Waals surface area contributed by atoms with Gasteiger partial charge in [-0.25, -0.2) is 4.79 Å². The Bertz CT molecular complexity index is 420. The van der Waals surface area contributed by atoms with E-state index in [1.165, 1.54) is 0 Å². The SMILES string of the molecule is Cc1ccc(N2CCC(C)CC2)c(C(=O)O)c1. The summed E-state index contributed by atoms with van der Waals surface area (Å²) in [4.78, 5) is 13.5. The molecule has 1 N–H and O–H groups in total. The number of hydrogen-bond donors (Lipinski definition) is 1. The molecule has 0 spiro atoms. The maximum atomic E-state index is 11.3. The third-order valence-electron chi connectivity index (χ3n) is 3.51. The van der Waals surface area contributed by atoms with Gasteiger partial charge in [0.05, 0.1) is 11.3 Å². The van der Waals surface area contributed by atoms with Crippen molar-refractivity contribution < 1.29 is 9.90 Å². The summed E-state index contributed by atoms with van der Waals surface area (Å²) in [6.45, 7) is 6.11. The fraction of sp³-hybridized carbons (Fsp3) is 0.500. The predicted molar refractivity (Wildman–Crippen MR) is 68.7 cm³/mol. The van der Waals surface area contributed by atoms with E-state index in [4.69, 9.17) is 0 Å². The summed E-state index contributed by atoms with van der Waals surface area (Å²) < 4.78 is 0. The molecule has 0 unspecified atom stereocenters. The van der Waals surface area contributed by atoms with Crippen LogP contribution >= 0.6 is 0 Å². The average Bonchev–Trinajstić information content (AvgIpc) is 2.30. The van der Waals surface area contributed by atoms with Gasteiger partial charge < -0.3 is 10.0 Å². The maximum Gasteiger partial charge on any atom is 0.337 e. The smallest absolute Gasteiger partial charge is 0.337 e. The summed E-state index contributed by atoms with van der Waals surface area (Å²) in [5.74, 6) is -0.0766. The molecule has 1 heterocycles. The molecule has 0 bridgehead atoms. The Kier molecular flexibility index (Phi) is 3.36. The Morgan fingerprint density at radius 2 is 2.00 bits per heavy atom. The van der Waals surface area contributed by atoms with Crippen molar-refractivity contribution in [2.24, 2.45) is 5.92 Å². The van der Waals surface area contributed by atoms with E-state index in [0.29, 0.717) is 5.56 Å². The van der Waals surface area contributed by atoms with Gasteiger partial charge in [0.2, 0.25) is 0 Å². The summed E-state index contributed by atoms with van der Waals surface area (Å²) in [6.07, 6.45) is 2.29. The number of benzene rings is 1. The molecule has 3 nitrogen and oxygen atoms in total. The van der Waals surface area contributed by atoms with Gasteiger partial charge in [-0.2, -0.15) is 0 Å². The van der Waals surface area contributed by atoms with Gasteiger partial charge >= 0.3 is 5.97 Å². The van der Waals surface area contributed by atoms with Crippen molar-refractivity contribution in [3.05, 3.63) is 29.3 Å². The first-order valence-electron chi connectivity index (χ1n) is 6.17. The van der Waals surface area contributed by atoms with Crippen molar-refractivity contribution >= 4 is 11.7 Å². The second-order valence-electron chi connectivity index (χ2n) is 5.00. The van der Waals surface area contributed by atoms with Gasteiger partial charge in [0.1, 0.15) is 0 Å². The van der Waals surface area contributed by atoms with E-state index in [1.807, 2.05) is 19.1 Å². The highest BCUT2D eigenvalue weighted by Crippen LogP contribution is 2.27. The second-order valence-corrected chi connectivity index (χ2v) is 5.00. The van der Waals surface area contributed by atoms with Crippen LogP contribution in [0.2, 0.25) is 0 Å². The summed E-state index contributed by atoms with van der Waals surface area (Å²) in [6, 6.07) is 5.68. The third kappa shape index (κ3) is 2.60. The molecule has 0 atom stereocenters. The fourth-order valence-electron chi connectivity index (χ4n) is 2.35. The largest absolute Gasteiger partial charge is 0.478 e. The molecule has 1 aromatic carbocycles. The number of carboxylic acid groups (broad SMARTS) is 1. The zero-order chi connectivity index (χ0) is 12.4. The number of rotatable bonds is 2. The van der Waals surface area contributed by atoms with E-state index in [-0.39, 0.29) is 0 Å². The van der Waals surface area contributed by atoms with Crippen molar-refractivity contribution in [1.29, 1.82) is 0 Å². The highest BCUT2D eigenvalue weighted by Gasteiger charge is 2.20. The van der Waals surface area contributed by atoms with E-state index in [9.17, 15) is 9.90 Å². The molecule has 0 radical (unpaired) electrons. The Balaban J connectivity index is 2.28. The van der Waals surface area contributed by atoms with Crippen LogP contribution < -0.4 is 4.90 Å². The molecular weight excluding hydrogens is 214 g/mol. The highest BCUT2D eigenvalue weighted by molar-refractivity contribution is 5.94. The Morgan fingerprint density at radius 3 is 2.59 bits per heavy atom. The van der Waals surface area contributed by atoms with E-state index in [2.05, 4.69) is 11.8 Å². The minimum Gasteiger partial charge on any atom is -0.478 e. The van der Waals surface area contributed by atoms with Gasteiger partial charge in [0.15, 0.2) is 0 Å². The molecule has 17 heavy (non-hydrogen) atoms. The van der Waals surface area contributed by atoms with E-state index < -0.39 is 5.97 Å². The lowest BCUT2D eigenvalue weighted by atomic mass is 9.97. The van der Waals surface area contributed by atoms with Gasteiger partial charge in [0, 0.05) is 13.1 Å². The zero-order valence-electron chi connectivity index (χ0n) is 10.4. The Hall–Kier alpha value is -1.51. The maximum absolute atomic E-state index is 11.3. The quantitative estimate of drug-likeness (QED) is 0.853. The molecule has 1 saturated heterocycles. The molecule has 1 fully saturated rings. The Labute approximate surface area is 102 Å². The minimum absolute atomic E-state index is 0.430. The molecule has 1 aromatic rings. The van der Waals surface area contributed by atoms with Crippen LogP contribution in [0.15, 0.2) is 18.2 Å². The van der Waals surface area contributed by atoms with Crippen LogP contribution in [0.1, 0.15) is 35.7 Å². The number of hydrogen-bond acceptors (Lipinski definition) is 2. The number of aryl methyl sites for hydroxylation is 1. The van der Waals surface area contributed by atoms with Crippen molar-refractivity contribution in [3.63, 3.8) is 0 Å². The first-order chi connectivity index (χ1) is 8.08. The summed E-state index contributed by atoms with van der Waals surface area (Å²) in [7, 11) is 0. The van der Waals surface area contributed by atoms with E-state index >= 15 is 0 Å². The van der Waals surface area contributed by atoms with Gasteiger partial charge in [0.25, 0.3) is 0 Å². The predicted octanol–water partition coefficient (Wildman–Crippen LogP) is 2.93. The van der Waals surface area contributed by atoms with Crippen molar-refractivity contribution in [3.8, 4) is 0 Å². The Morgan fingerprint density at radius 1 is 1.35 bits per heavy atom. The zero-order valence-corrected chi connectivity index (χ0v) is 10.4. The monoisotopic (exact) mass is 233 g/mol. The molecule has 0 saturated carbocycles. The average molecular weight is 233 g/mol. The van der Waals surface area contributed by atoms with Crippen LogP contribution in [0, 0.1) is 12.8 Å². The lowest BCUT2D eigenvalue weighted by molar-refractivity contribution is 0.0697. The number of carbonyl (C=O) groups is 1. The molecular formula is C14H19NO2. The second kappa shape index (κ2) is 4.78. The van der Waals surface area contributed by atoms with Gasteiger partial charge in [-0.15, -0.1) is 0 Å². The van der Waals surface area contributed by atoms with Crippen LogP contribution in [0.5, 0.6) is 0 Å². The lowest BCUT2D eigenvalue weighted by Gasteiger charge is -2.33. The third-order valence-corrected chi connectivity index (χ3v) is 3.51. The molecule has 3 heteroatoms. The first-order valence-corrected chi connectivity index (χ1v) is 6.17. The van der Waals surface area contributed by atoms with E-state index in [1.54, 1.807) is 6.07 Å². The van der Waals surface area contributed by atoms with Gasteiger partial charge in [-0.05, 0) is 37.8 Å². The van der Waals surface area contributed by atoms with Crippen LogP contribution in [-0.4, -0.2) is 24.2 Å². The number of nitrogens with zero attached hydrogens (tertiary/aromatic N) is 1. The topological polar surface area (TPSA) is 40.5 Å². The number of piperidine rings is 1. The van der Waals surface area contributed by atoms with Crippen molar-refractivity contribution in [2.75, 3.05) is 18.0 Å². The molecule has 0 amide bonds. The fourth-order valence-corrected chi connectivity index (χ4v) is 2.35. The normalized spacial score (nSPS) is 17.2. The lowest BCUT2D eigenvalue weighted by Crippen LogP contribution is -2.33. The van der Waals surface area contributed by atoms with Crippen LogP contribution in [0.25, 0.3) is 0 Å². The standard InChI is InChI=1S/C14H19NO2/c1-10-5-7-15(8-6-10)13-4-3-11(2)9-12(13)14(16)17/h3-4,9-10H,5-8H2,1-2H3,(H,16,17). The number of anilines is 1. The molecule has 92 valence electrons. The highest BCUT2D eigenvalue weighted by atomic mass is 16.4. The molecule has 1 aliphatic heterocycles. The molecule has 0 aliphatic carbocycles. The van der Waals surface area contributed by atoms with Crippen LogP contribution in [-0.2, 0) is 0 Å². The number of carboxylic acids is 1. The van der Waals surface area contributed by atoms with Crippen molar-refractivity contribution in [2.45, 2.75) is 26.7 Å². The molecule has 1 aliphatic rings.